The van der Waals surface area contributed by atoms with E-state index >= 15 is 0 Å². The van der Waals surface area contributed by atoms with Gasteiger partial charge in [-0.3, -0.25) is 0 Å². The second-order valence-corrected chi connectivity index (χ2v) is 5.70. The van der Waals surface area contributed by atoms with Gasteiger partial charge in [-0.15, -0.1) is 13.2 Å². The highest BCUT2D eigenvalue weighted by Crippen LogP contribution is 2.49. The molecule has 0 nitrogen and oxygen atoms in total. The molecule has 20 heavy (non-hydrogen) atoms. The predicted octanol–water partition coefficient (Wildman–Crippen LogP) is 5.67. The average Bonchev–Trinajstić information content (AvgIpc) is 2.50. The van der Waals surface area contributed by atoms with Gasteiger partial charge in [0.1, 0.15) is 0 Å². The van der Waals surface area contributed by atoms with Crippen molar-refractivity contribution in [2.45, 2.75) is 37.5 Å². The largest absolute Gasteiger partial charge is 0.103 e. The fourth-order valence-corrected chi connectivity index (χ4v) is 3.77. The number of fused-ring (bicyclic) bond motifs is 1. The standard InChI is InChI=1S/C20H22/c1-3-9-15-17-11-5-7-13-19(17)16(10-4-2)20-14-8-6-12-18(15)20/h3-7,11-13,15-16H,1-2,8-10,14H2. The molecule has 1 aromatic rings. The molecule has 0 N–H and O–H groups in total. The number of hydrogen-bond acceptors (Lipinski definition) is 0. The van der Waals surface area contributed by atoms with E-state index in [0.717, 1.165) is 12.8 Å². The summed E-state index contributed by atoms with van der Waals surface area (Å²) in [4.78, 5) is 0. The van der Waals surface area contributed by atoms with Gasteiger partial charge in [-0.05, 0) is 42.4 Å². The lowest BCUT2D eigenvalue weighted by atomic mass is 9.68. The quantitative estimate of drug-likeness (QED) is 0.614. The normalized spacial score (nSPS) is 24.0. The zero-order valence-electron chi connectivity index (χ0n) is 12.0. The summed E-state index contributed by atoms with van der Waals surface area (Å²) in [6, 6.07) is 8.94. The van der Waals surface area contributed by atoms with Crippen LogP contribution in [0.4, 0.5) is 0 Å². The first-order valence-corrected chi connectivity index (χ1v) is 7.57. The Kier molecular flexibility index (Phi) is 3.73. The minimum absolute atomic E-state index is 0.497. The number of rotatable bonds is 4. The molecular weight excluding hydrogens is 240 g/mol. The van der Waals surface area contributed by atoms with Crippen molar-refractivity contribution in [2.75, 3.05) is 0 Å². The first-order valence-electron chi connectivity index (χ1n) is 7.57. The SMILES string of the molecule is C=CCC1C2=C(CCC=C2)C(CC=C)c2ccccc21. The minimum atomic E-state index is 0.497. The number of hydrogen-bond donors (Lipinski definition) is 0. The fraction of sp³-hybridized carbons (Fsp3) is 0.300. The van der Waals surface area contributed by atoms with Crippen molar-refractivity contribution in [2.24, 2.45) is 0 Å². The van der Waals surface area contributed by atoms with Crippen LogP contribution in [0.3, 0.4) is 0 Å². The van der Waals surface area contributed by atoms with Gasteiger partial charge >= 0.3 is 0 Å². The molecule has 0 spiro atoms. The van der Waals surface area contributed by atoms with E-state index in [-0.39, 0.29) is 0 Å². The smallest absolute Gasteiger partial charge is 0.0126 e. The van der Waals surface area contributed by atoms with Gasteiger partial charge in [-0.25, -0.2) is 0 Å². The van der Waals surface area contributed by atoms with Crippen LogP contribution in [0.25, 0.3) is 0 Å². The third-order valence-corrected chi connectivity index (χ3v) is 4.60. The zero-order chi connectivity index (χ0) is 13.9. The van der Waals surface area contributed by atoms with Gasteiger partial charge in [0.05, 0.1) is 0 Å². The Bertz CT molecular complexity index is 586. The molecular formula is C20H22. The van der Waals surface area contributed by atoms with Crippen LogP contribution in [0.5, 0.6) is 0 Å². The Labute approximate surface area is 122 Å². The third kappa shape index (κ3) is 2.10. The molecule has 2 aliphatic carbocycles. The van der Waals surface area contributed by atoms with Crippen LogP contribution in [0, 0.1) is 0 Å². The highest BCUT2D eigenvalue weighted by Gasteiger charge is 2.32. The lowest BCUT2D eigenvalue weighted by molar-refractivity contribution is 0.653. The van der Waals surface area contributed by atoms with Gasteiger partial charge in [0, 0.05) is 11.8 Å². The molecule has 102 valence electrons. The van der Waals surface area contributed by atoms with Gasteiger partial charge in [0.2, 0.25) is 0 Å². The van der Waals surface area contributed by atoms with Gasteiger partial charge in [0.25, 0.3) is 0 Å². The Balaban J connectivity index is 2.16. The van der Waals surface area contributed by atoms with Crippen molar-refractivity contribution >= 4 is 0 Å². The molecule has 0 radical (unpaired) electrons. The molecule has 0 fully saturated rings. The summed E-state index contributed by atoms with van der Waals surface area (Å²) in [6.07, 6.45) is 13.3. The van der Waals surface area contributed by atoms with Crippen molar-refractivity contribution in [3.8, 4) is 0 Å². The second-order valence-electron chi connectivity index (χ2n) is 5.70. The summed E-state index contributed by atoms with van der Waals surface area (Å²) in [7, 11) is 0. The average molecular weight is 262 g/mol. The first-order chi connectivity index (χ1) is 9.86. The van der Waals surface area contributed by atoms with Crippen molar-refractivity contribution < 1.29 is 0 Å². The summed E-state index contributed by atoms with van der Waals surface area (Å²) in [5.74, 6) is 1.03. The lowest BCUT2D eigenvalue weighted by Gasteiger charge is -2.36. The second kappa shape index (κ2) is 5.66. The van der Waals surface area contributed by atoms with Crippen LogP contribution in [0.15, 0.2) is 72.9 Å². The highest BCUT2D eigenvalue weighted by molar-refractivity contribution is 5.53. The van der Waals surface area contributed by atoms with E-state index in [9.17, 15) is 0 Å². The Hall–Kier alpha value is -1.82. The molecule has 0 aliphatic heterocycles. The van der Waals surface area contributed by atoms with Crippen LogP contribution in [-0.2, 0) is 0 Å². The van der Waals surface area contributed by atoms with Gasteiger partial charge in [-0.1, -0.05) is 54.1 Å². The molecule has 3 rings (SSSR count). The van der Waals surface area contributed by atoms with E-state index in [1.165, 1.54) is 24.0 Å². The maximum absolute atomic E-state index is 3.96. The predicted molar refractivity (Wildman–Crippen MR) is 87.0 cm³/mol. The summed E-state index contributed by atoms with van der Waals surface area (Å²) in [6.45, 7) is 7.92. The van der Waals surface area contributed by atoms with E-state index in [1.54, 1.807) is 11.1 Å². The van der Waals surface area contributed by atoms with E-state index in [1.807, 2.05) is 0 Å². The molecule has 2 unspecified atom stereocenters. The molecule has 0 aromatic heterocycles. The van der Waals surface area contributed by atoms with Crippen LogP contribution in [-0.4, -0.2) is 0 Å². The maximum Gasteiger partial charge on any atom is 0.0126 e. The highest BCUT2D eigenvalue weighted by atomic mass is 14.4. The summed E-state index contributed by atoms with van der Waals surface area (Å²) < 4.78 is 0. The number of allylic oxidation sites excluding steroid dienone is 6. The Morgan fingerprint density at radius 2 is 1.65 bits per heavy atom. The van der Waals surface area contributed by atoms with Crippen LogP contribution >= 0.6 is 0 Å². The molecule has 0 heterocycles. The molecule has 2 atom stereocenters. The van der Waals surface area contributed by atoms with E-state index in [0.29, 0.717) is 11.8 Å². The van der Waals surface area contributed by atoms with Gasteiger partial charge in [-0.2, -0.15) is 0 Å². The van der Waals surface area contributed by atoms with Crippen molar-refractivity contribution in [3.05, 3.63) is 84.0 Å². The monoisotopic (exact) mass is 262 g/mol. The molecule has 1 aromatic carbocycles. The van der Waals surface area contributed by atoms with Crippen molar-refractivity contribution in [1.82, 2.24) is 0 Å². The van der Waals surface area contributed by atoms with Crippen LogP contribution in [0.1, 0.15) is 48.6 Å². The number of benzene rings is 1. The minimum Gasteiger partial charge on any atom is -0.103 e. The lowest BCUT2D eigenvalue weighted by Crippen LogP contribution is -2.19. The van der Waals surface area contributed by atoms with Crippen molar-refractivity contribution in [1.29, 1.82) is 0 Å². The first kappa shape index (κ1) is 13.2. The van der Waals surface area contributed by atoms with Gasteiger partial charge < -0.3 is 0 Å². The molecule has 0 amide bonds. The summed E-state index contributed by atoms with van der Waals surface area (Å²) >= 11 is 0. The molecule has 2 aliphatic rings. The van der Waals surface area contributed by atoms with Crippen molar-refractivity contribution in [3.63, 3.8) is 0 Å². The molecule has 0 saturated carbocycles. The molecule has 0 saturated heterocycles. The fourth-order valence-electron chi connectivity index (χ4n) is 3.77. The molecule has 0 heteroatoms. The van der Waals surface area contributed by atoms with E-state index in [4.69, 9.17) is 0 Å². The Morgan fingerprint density at radius 3 is 2.35 bits per heavy atom. The van der Waals surface area contributed by atoms with Crippen LogP contribution < -0.4 is 0 Å². The zero-order valence-corrected chi connectivity index (χ0v) is 12.0. The summed E-state index contributed by atoms with van der Waals surface area (Å²) in [5, 5.41) is 0. The van der Waals surface area contributed by atoms with Crippen LogP contribution in [0.2, 0.25) is 0 Å². The van der Waals surface area contributed by atoms with Gasteiger partial charge in [0.15, 0.2) is 0 Å². The topological polar surface area (TPSA) is 0 Å². The van der Waals surface area contributed by atoms with E-state index in [2.05, 4.69) is 61.7 Å². The third-order valence-electron chi connectivity index (χ3n) is 4.60. The maximum atomic E-state index is 3.96. The summed E-state index contributed by atoms with van der Waals surface area (Å²) in [5.41, 5.74) is 6.18. The Morgan fingerprint density at radius 1 is 1.00 bits per heavy atom. The van der Waals surface area contributed by atoms with E-state index < -0.39 is 0 Å². The molecule has 0 bridgehead atoms.